The smallest absolute Gasteiger partial charge is 0.260 e. The van der Waals surface area contributed by atoms with Crippen molar-refractivity contribution in [1.29, 1.82) is 0 Å². The number of carbonyl (C=O) groups excluding carboxylic acids is 1. The van der Waals surface area contributed by atoms with Crippen LogP contribution in [0.5, 0.6) is 5.75 Å². The van der Waals surface area contributed by atoms with Crippen LogP contribution in [-0.4, -0.2) is 49.6 Å². The minimum atomic E-state index is -0.0923. The van der Waals surface area contributed by atoms with E-state index in [4.69, 9.17) is 21.3 Å². The van der Waals surface area contributed by atoms with Gasteiger partial charge in [0.2, 0.25) is 0 Å². The lowest BCUT2D eigenvalue weighted by Gasteiger charge is -2.21. The van der Waals surface area contributed by atoms with Gasteiger partial charge in [-0.3, -0.25) is 9.69 Å². The third kappa shape index (κ3) is 6.06. The molecule has 0 aliphatic carbocycles. The average Bonchev–Trinajstić information content (AvgIpc) is 3.07. The van der Waals surface area contributed by atoms with E-state index in [9.17, 15) is 4.79 Å². The van der Waals surface area contributed by atoms with Crippen molar-refractivity contribution in [1.82, 2.24) is 9.88 Å². The number of aromatic nitrogens is 1. The Hall–Kier alpha value is -1.86. The lowest BCUT2D eigenvalue weighted by Crippen LogP contribution is -2.33. The molecule has 29 heavy (non-hydrogen) atoms. The zero-order valence-electron chi connectivity index (χ0n) is 16.7. The molecule has 0 saturated carbocycles. The molecule has 3 aromatic rings. The summed E-state index contributed by atoms with van der Waals surface area (Å²) in [7, 11) is 4.05. The summed E-state index contributed by atoms with van der Waals surface area (Å²) in [6, 6.07) is 12.9. The van der Waals surface area contributed by atoms with E-state index in [1.165, 1.54) is 11.3 Å². The number of halogens is 2. The normalized spacial score (nSPS) is 10.8. The number of anilines is 1. The van der Waals surface area contributed by atoms with Crippen LogP contribution in [-0.2, 0) is 0 Å². The van der Waals surface area contributed by atoms with E-state index >= 15 is 0 Å². The van der Waals surface area contributed by atoms with Crippen molar-refractivity contribution in [2.45, 2.75) is 13.3 Å². The Morgan fingerprint density at radius 3 is 2.66 bits per heavy atom. The van der Waals surface area contributed by atoms with Gasteiger partial charge in [-0.2, -0.15) is 0 Å². The Balaban J connectivity index is 0.00000300. The highest BCUT2D eigenvalue weighted by atomic mass is 35.5. The highest BCUT2D eigenvalue weighted by molar-refractivity contribution is 7.22. The molecular weight excluding hydrogens is 429 g/mol. The van der Waals surface area contributed by atoms with Gasteiger partial charge >= 0.3 is 0 Å². The molecule has 2 aromatic carbocycles. The second-order valence-electron chi connectivity index (χ2n) is 6.68. The Labute approximate surface area is 186 Å². The van der Waals surface area contributed by atoms with Gasteiger partial charge < -0.3 is 9.64 Å². The Bertz CT molecular complexity index is 962. The lowest BCUT2D eigenvalue weighted by atomic mass is 10.2. The van der Waals surface area contributed by atoms with E-state index < -0.39 is 0 Å². The average molecular weight is 454 g/mol. The topological polar surface area (TPSA) is 45.7 Å². The molecule has 3 rings (SSSR count). The van der Waals surface area contributed by atoms with E-state index in [-0.39, 0.29) is 18.3 Å². The van der Waals surface area contributed by atoms with Gasteiger partial charge in [-0.15, -0.1) is 12.4 Å². The van der Waals surface area contributed by atoms with Crippen molar-refractivity contribution in [3.05, 3.63) is 53.1 Å². The van der Waals surface area contributed by atoms with Gasteiger partial charge in [0.1, 0.15) is 5.75 Å². The zero-order valence-corrected chi connectivity index (χ0v) is 19.1. The number of nitrogens with zero attached hydrogens (tertiary/aromatic N) is 3. The summed E-state index contributed by atoms with van der Waals surface area (Å²) in [6.07, 6.45) is 0.847. The largest absolute Gasteiger partial charge is 0.494 e. The number of hydrogen-bond donors (Lipinski definition) is 0. The maximum Gasteiger partial charge on any atom is 0.260 e. The van der Waals surface area contributed by atoms with Crippen LogP contribution in [0.3, 0.4) is 0 Å². The van der Waals surface area contributed by atoms with Crippen molar-refractivity contribution >= 4 is 56.6 Å². The van der Waals surface area contributed by atoms with Gasteiger partial charge in [0, 0.05) is 17.1 Å². The number of benzene rings is 2. The highest BCUT2D eigenvalue weighted by Crippen LogP contribution is 2.32. The van der Waals surface area contributed by atoms with Gasteiger partial charge in [-0.05, 0) is 70.4 Å². The molecule has 0 N–H and O–H groups in total. The number of fused-ring (bicyclic) bond motifs is 1. The Morgan fingerprint density at radius 2 is 1.97 bits per heavy atom. The molecule has 0 bridgehead atoms. The SMILES string of the molecule is CCOc1ccc2nc(N(CCCN(C)C)C(=O)c3cccc(Cl)c3)sc2c1.Cl. The zero-order chi connectivity index (χ0) is 20.1. The minimum absolute atomic E-state index is 0. The molecule has 0 saturated heterocycles. The summed E-state index contributed by atoms with van der Waals surface area (Å²) in [4.78, 5) is 21.8. The number of ether oxygens (including phenoxy) is 1. The second kappa shape index (κ2) is 10.8. The first-order valence-corrected chi connectivity index (χ1v) is 10.4. The molecule has 0 unspecified atom stereocenters. The summed E-state index contributed by atoms with van der Waals surface area (Å²) < 4.78 is 6.58. The number of carbonyl (C=O) groups is 1. The van der Waals surface area contributed by atoms with Gasteiger partial charge in [-0.25, -0.2) is 4.98 Å². The summed E-state index contributed by atoms with van der Waals surface area (Å²) >= 11 is 7.59. The van der Waals surface area contributed by atoms with E-state index in [1.807, 2.05) is 39.2 Å². The molecule has 1 heterocycles. The van der Waals surface area contributed by atoms with Crippen LogP contribution < -0.4 is 9.64 Å². The second-order valence-corrected chi connectivity index (χ2v) is 8.13. The molecule has 1 amide bonds. The molecular formula is C21H25Cl2N3O2S. The molecule has 0 spiro atoms. The van der Waals surface area contributed by atoms with Crippen LogP contribution in [0.15, 0.2) is 42.5 Å². The van der Waals surface area contributed by atoms with Crippen LogP contribution >= 0.6 is 35.3 Å². The molecule has 5 nitrogen and oxygen atoms in total. The van der Waals surface area contributed by atoms with Gasteiger partial charge in [0.05, 0.1) is 16.8 Å². The lowest BCUT2D eigenvalue weighted by molar-refractivity contribution is 0.0986. The van der Waals surface area contributed by atoms with Crippen LogP contribution in [0.1, 0.15) is 23.7 Å². The number of thiazole rings is 1. The Kier molecular flexibility index (Phi) is 8.71. The van der Waals surface area contributed by atoms with Crippen molar-refractivity contribution in [3.8, 4) is 5.75 Å². The molecule has 0 atom stereocenters. The van der Waals surface area contributed by atoms with Crippen LogP contribution in [0, 0.1) is 0 Å². The fourth-order valence-corrected chi connectivity index (χ4v) is 4.08. The third-order valence-electron chi connectivity index (χ3n) is 4.19. The predicted octanol–water partition coefficient (Wildman–Crippen LogP) is 5.37. The fraction of sp³-hybridized carbons (Fsp3) is 0.333. The molecule has 156 valence electrons. The first-order valence-electron chi connectivity index (χ1n) is 9.23. The fourth-order valence-electron chi connectivity index (χ4n) is 2.87. The van der Waals surface area contributed by atoms with E-state index in [0.29, 0.717) is 28.9 Å². The van der Waals surface area contributed by atoms with E-state index in [2.05, 4.69) is 4.90 Å². The summed E-state index contributed by atoms with van der Waals surface area (Å²) in [6.45, 7) is 4.04. The first kappa shape index (κ1) is 23.4. The molecule has 0 radical (unpaired) electrons. The quantitative estimate of drug-likeness (QED) is 0.459. The van der Waals surface area contributed by atoms with Crippen molar-refractivity contribution in [2.75, 3.05) is 38.7 Å². The number of rotatable bonds is 8. The molecule has 0 fully saturated rings. The monoisotopic (exact) mass is 453 g/mol. The third-order valence-corrected chi connectivity index (χ3v) is 5.47. The molecule has 0 aliphatic rings. The predicted molar refractivity (Wildman–Crippen MR) is 124 cm³/mol. The Morgan fingerprint density at radius 1 is 1.17 bits per heavy atom. The van der Waals surface area contributed by atoms with E-state index in [0.717, 1.165) is 28.9 Å². The molecule has 0 aliphatic heterocycles. The summed E-state index contributed by atoms with van der Waals surface area (Å²) in [5, 5.41) is 1.23. The van der Waals surface area contributed by atoms with Crippen LogP contribution in [0.2, 0.25) is 5.02 Å². The maximum absolute atomic E-state index is 13.2. The molecule has 8 heteroatoms. The summed E-state index contributed by atoms with van der Waals surface area (Å²) in [5.74, 6) is 0.718. The van der Waals surface area contributed by atoms with Crippen LogP contribution in [0.25, 0.3) is 10.2 Å². The van der Waals surface area contributed by atoms with Gasteiger partial charge in [0.15, 0.2) is 5.13 Å². The van der Waals surface area contributed by atoms with E-state index in [1.54, 1.807) is 29.2 Å². The number of hydrogen-bond acceptors (Lipinski definition) is 5. The van der Waals surface area contributed by atoms with Crippen LogP contribution in [0.4, 0.5) is 5.13 Å². The maximum atomic E-state index is 13.2. The first-order chi connectivity index (χ1) is 13.5. The number of amides is 1. The highest BCUT2D eigenvalue weighted by Gasteiger charge is 2.21. The van der Waals surface area contributed by atoms with Crippen molar-refractivity contribution in [2.24, 2.45) is 0 Å². The van der Waals surface area contributed by atoms with Crippen molar-refractivity contribution < 1.29 is 9.53 Å². The van der Waals surface area contributed by atoms with Gasteiger partial charge in [0.25, 0.3) is 5.91 Å². The van der Waals surface area contributed by atoms with Crippen molar-refractivity contribution in [3.63, 3.8) is 0 Å². The molecule has 1 aromatic heterocycles. The standard InChI is InChI=1S/C21H24ClN3O2S.ClH/c1-4-27-17-9-10-18-19(14-17)28-21(23-18)25(12-6-11-24(2)3)20(26)15-7-5-8-16(22)13-15;/h5,7-10,13-14H,4,6,11-12H2,1-3H3;1H. The summed E-state index contributed by atoms with van der Waals surface area (Å²) in [5.41, 5.74) is 1.42. The van der Waals surface area contributed by atoms with Gasteiger partial charge in [-0.1, -0.05) is 29.0 Å². The minimum Gasteiger partial charge on any atom is -0.494 e.